The number of amides is 1. The Kier molecular flexibility index (Phi) is 5.36. The molecule has 1 unspecified atom stereocenters. The van der Waals surface area contributed by atoms with Crippen molar-refractivity contribution < 1.29 is 14.1 Å². The van der Waals surface area contributed by atoms with Gasteiger partial charge in [0.1, 0.15) is 12.8 Å². The van der Waals surface area contributed by atoms with Crippen molar-refractivity contribution in [1.29, 1.82) is 0 Å². The van der Waals surface area contributed by atoms with Crippen LogP contribution < -0.4 is 9.30 Å². The van der Waals surface area contributed by atoms with Crippen LogP contribution in [-0.4, -0.2) is 24.0 Å². The van der Waals surface area contributed by atoms with E-state index >= 15 is 0 Å². The second kappa shape index (κ2) is 7.67. The Labute approximate surface area is 147 Å². The van der Waals surface area contributed by atoms with Gasteiger partial charge in [-0.2, -0.15) is 0 Å². The van der Waals surface area contributed by atoms with Gasteiger partial charge in [-0.3, -0.25) is 4.79 Å². The molecule has 1 aromatic heterocycles. The van der Waals surface area contributed by atoms with Crippen LogP contribution in [0.5, 0.6) is 5.75 Å². The summed E-state index contributed by atoms with van der Waals surface area (Å²) in [5, 5.41) is 0.654. The standard InChI is InChI=1S/C19H22ClN2O2/c1-21-11-4-5-15(13-21)18-6-2-3-12-22(18)19(23)14-24-17-9-7-16(20)8-10-17/h4-5,7-11,13,18H,2-3,6,12,14H2,1H3/q+1. The number of likely N-dealkylation sites (tertiary alicyclic amines) is 1. The molecule has 1 aliphatic rings. The van der Waals surface area contributed by atoms with Crippen LogP contribution in [0, 0.1) is 0 Å². The summed E-state index contributed by atoms with van der Waals surface area (Å²) in [5.41, 5.74) is 1.18. The molecule has 2 heterocycles. The van der Waals surface area contributed by atoms with Crippen molar-refractivity contribution >= 4 is 17.5 Å². The van der Waals surface area contributed by atoms with E-state index in [1.165, 1.54) is 5.56 Å². The molecule has 5 heteroatoms. The maximum Gasteiger partial charge on any atom is 0.261 e. The molecular formula is C19H22ClN2O2+. The summed E-state index contributed by atoms with van der Waals surface area (Å²) in [7, 11) is 2.00. The third-order valence-electron chi connectivity index (χ3n) is 4.35. The third-order valence-corrected chi connectivity index (χ3v) is 4.60. The number of pyridine rings is 1. The molecule has 1 aliphatic heterocycles. The molecule has 1 saturated heterocycles. The molecule has 0 saturated carbocycles. The van der Waals surface area contributed by atoms with Gasteiger partial charge in [0.25, 0.3) is 5.91 Å². The molecule has 0 radical (unpaired) electrons. The first-order chi connectivity index (χ1) is 11.6. The smallest absolute Gasteiger partial charge is 0.261 e. The zero-order valence-electron chi connectivity index (χ0n) is 13.8. The van der Waals surface area contributed by atoms with E-state index in [0.717, 1.165) is 25.8 Å². The third kappa shape index (κ3) is 4.06. The number of hydrogen-bond acceptors (Lipinski definition) is 2. The summed E-state index contributed by atoms with van der Waals surface area (Å²) in [6.45, 7) is 0.836. The Morgan fingerprint density at radius 3 is 2.83 bits per heavy atom. The average Bonchev–Trinajstić information content (AvgIpc) is 2.61. The number of halogens is 1. The molecule has 0 aliphatic carbocycles. The monoisotopic (exact) mass is 345 g/mol. The lowest BCUT2D eigenvalue weighted by Gasteiger charge is -2.35. The van der Waals surface area contributed by atoms with Gasteiger partial charge in [0.2, 0.25) is 0 Å². The van der Waals surface area contributed by atoms with Crippen LogP contribution in [0.25, 0.3) is 0 Å². The van der Waals surface area contributed by atoms with Crippen molar-refractivity contribution in [2.45, 2.75) is 25.3 Å². The molecule has 24 heavy (non-hydrogen) atoms. The highest BCUT2D eigenvalue weighted by atomic mass is 35.5. The van der Waals surface area contributed by atoms with E-state index in [9.17, 15) is 4.79 Å². The number of hydrogen-bond donors (Lipinski definition) is 0. The Morgan fingerprint density at radius 2 is 2.08 bits per heavy atom. The van der Waals surface area contributed by atoms with Crippen LogP contribution in [0.15, 0.2) is 48.8 Å². The average molecular weight is 346 g/mol. The molecule has 3 rings (SSSR count). The van der Waals surface area contributed by atoms with E-state index in [1.807, 2.05) is 28.8 Å². The van der Waals surface area contributed by atoms with Gasteiger partial charge in [0.15, 0.2) is 19.0 Å². The molecule has 1 atom stereocenters. The Morgan fingerprint density at radius 1 is 1.29 bits per heavy atom. The van der Waals surface area contributed by atoms with Gasteiger partial charge >= 0.3 is 0 Å². The molecular weight excluding hydrogens is 324 g/mol. The number of nitrogens with zero attached hydrogens (tertiary/aromatic N) is 2. The lowest BCUT2D eigenvalue weighted by molar-refractivity contribution is -0.672. The number of carbonyl (C=O) groups is 1. The highest BCUT2D eigenvalue weighted by molar-refractivity contribution is 6.30. The minimum absolute atomic E-state index is 0.0288. The maximum absolute atomic E-state index is 12.7. The molecule has 0 N–H and O–H groups in total. The van der Waals surface area contributed by atoms with Crippen LogP contribution in [-0.2, 0) is 11.8 Å². The Balaban J connectivity index is 1.68. The molecule has 0 bridgehead atoms. The van der Waals surface area contributed by atoms with E-state index in [-0.39, 0.29) is 18.6 Å². The van der Waals surface area contributed by atoms with Gasteiger partial charge in [-0.15, -0.1) is 0 Å². The zero-order chi connectivity index (χ0) is 16.9. The molecule has 1 aromatic carbocycles. The summed E-state index contributed by atoms with van der Waals surface area (Å²) in [6.07, 6.45) is 7.28. The molecule has 4 nitrogen and oxygen atoms in total. The van der Waals surface area contributed by atoms with Crippen molar-refractivity contribution in [2.75, 3.05) is 13.2 Å². The molecule has 0 spiro atoms. The molecule has 1 fully saturated rings. The number of aryl methyl sites for hydroxylation is 1. The highest BCUT2D eigenvalue weighted by Crippen LogP contribution is 2.30. The van der Waals surface area contributed by atoms with Crippen LogP contribution in [0.2, 0.25) is 5.02 Å². The molecule has 2 aromatic rings. The number of rotatable bonds is 4. The van der Waals surface area contributed by atoms with Crippen molar-refractivity contribution in [1.82, 2.24) is 4.90 Å². The fourth-order valence-electron chi connectivity index (χ4n) is 3.14. The zero-order valence-corrected chi connectivity index (χ0v) is 14.6. The normalized spacial score (nSPS) is 17.6. The summed E-state index contributed by atoms with van der Waals surface area (Å²) < 4.78 is 7.65. The van der Waals surface area contributed by atoms with Crippen LogP contribution in [0.4, 0.5) is 0 Å². The van der Waals surface area contributed by atoms with Gasteiger partial charge < -0.3 is 9.64 Å². The lowest BCUT2D eigenvalue weighted by Crippen LogP contribution is -2.42. The number of ether oxygens (including phenoxy) is 1. The fraction of sp³-hybridized carbons (Fsp3) is 0.368. The highest BCUT2D eigenvalue weighted by Gasteiger charge is 2.29. The van der Waals surface area contributed by atoms with Crippen molar-refractivity contribution in [2.24, 2.45) is 7.05 Å². The first-order valence-corrected chi connectivity index (χ1v) is 8.64. The summed E-state index contributed by atoms with van der Waals surface area (Å²) in [6, 6.07) is 11.3. The van der Waals surface area contributed by atoms with E-state index in [1.54, 1.807) is 24.3 Å². The SMILES string of the molecule is C[n+]1cccc(C2CCCCN2C(=O)COc2ccc(Cl)cc2)c1. The van der Waals surface area contributed by atoms with Gasteiger partial charge in [-0.1, -0.05) is 11.6 Å². The topological polar surface area (TPSA) is 33.4 Å². The molecule has 1 amide bonds. The van der Waals surface area contributed by atoms with Crippen LogP contribution in [0.1, 0.15) is 30.9 Å². The van der Waals surface area contributed by atoms with Crippen LogP contribution >= 0.6 is 11.6 Å². The van der Waals surface area contributed by atoms with Gasteiger partial charge in [-0.05, 0) is 49.6 Å². The summed E-state index contributed by atoms with van der Waals surface area (Å²) >= 11 is 5.86. The second-order valence-corrected chi connectivity index (χ2v) is 6.58. The quantitative estimate of drug-likeness (QED) is 0.797. The van der Waals surface area contributed by atoms with Gasteiger partial charge in [-0.25, -0.2) is 4.57 Å². The first-order valence-electron chi connectivity index (χ1n) is 8.26. The largest absolute Gasteiger partial charge is 0.484 e. The van der Waals surface area contributed by atoms with Gasteiger partial charge in [0, 0.05) is 23.2 Å². The minimum atomic E-state index is 0.0288. The van der Waals surface area contributed by atoms with E-state index < -0.39 is 0 Å². The lowest BCUT2D eigenvalue weighted by atomic mass is 9.96. The number of piperidine rings is 1. The number of benzene rings is 1. The molecule has 126 valence electrons. The summed E-state index contributed by atoms with van der Waals surface area (Å²) in [4.78, 5) is 14.6. The predicted molar refractivity (Wildman–Crippen MR) is 92.9 cm³/mol. The van der Waals surface area contributed by atoms with Gasteiger partial charge in [0.05, 0.1) is 6.04 Å². The van der Waals surface area contributed by atoms with E-state index in [2.05, 4.69) is 12.3 Å². The minimum Gasteiger partial charge on any atom is -0.484 e. The van der Waals surface area contributed by atoms with Crippen molar-refractivity contribution in [3.8, 4) is 5.75 Å². The van der Waals surface area contributed by atoms with Crippen molar-refractivity contribution in [3.05, 3.63) is 59.4 Å². The van der Waals surface area contributed by atoms with Crippen LogP contribution in [0.3, 0.4) is 0 Å². The first kappa shape index (κ1) is 16.8. The maximum atomic E-state index is 12.7. The predicted octanol–water partition coefficient (Wildman–Crippen LogP) is 3.30. The van der Waals surface area contributed by atoms with E-state index in [0.29, 0.717) is 10.8 Å². The summed E-state index contributed by atoms with van der Waals surface area (Å²) in [5.74, 6) is 0.688. The Hall–Kier alpha value is -2.07. The second-order valence-electron chi connectivity index (χ2n) is 6.14. The Bertz CT molecular complexity index is 703. The fourth-order valence-corrected chi connectivity index (χ4v) is 3.27. The number of carbonyl (C=O) groups excluding carboxylic acids is 1. The number of aromatic nitrogens is 1. The van der Waals surface area contributed by atoms with Crippen molar-refractivity contribution in [3.63, 3.8) is 0 Å². The van der Waals surface area contributed by atoms with E-state index in [4.69, 9.17) is 16.3 Å².